The summed E-state index contributed by atoms with van der Waals surface area (Å²) in [6.07, 6.45) is 2.97. The van der Waals surface area contributed by atoms with Gasteiger partial charge in [-0.25, -0.2) is 0 Å². The predicted octanol–water partition coefficient (Wildman–Crippen LogP) is 2.53. The number of rotatable bonds is 2. The zero-order valence-electron chi connectivity index (χ0n) is 7.16. The third-order valence-electron chi connectivity index (χ3n) is 1.70. The SMILES string of the molecule is CC(C)[C@@H](O)c1cncc(Br)c1. The fourth-order valence-corrected chi connectivity index (χ4v) is 1.36. The molecule has 1 aromatic rings. The molecular weight excluding hydrogens is 218 g/mol. The molecule has 0 spiro atoms. The summed E-state index contributed by atoms with van der Waals surface area (Å²) < 4.78 is 0.903. The first kappa shape index (κ1) is 9.68. The van der Waals surface area contributed by atoms with Crippen LogP contribution in [0.25, 0.3) is 0 Å². The molecule has 0 aliphatic rings. The van der Waals surface area contributed by atoms with Crippen LogP contribution < -0.4 is 0 Å². The Labute approximate surface area is 80.8 Å². The minimum Gasteiger partial charge on any atom is -0.388 e. The van der Waals surface area contributed by atoms with E-state index in [1.54, 1.807) is 12.4 Å². The predicted molar refractivity (Wildman–Crippen MR) is 51.7 cm³/mol. The maximum absolute atomic E-state index is 9.66. The van der Waals surface area contributed by atoms with E-state index in [-0.39, 0.29) is 5.92 Å². The highest BCUT2D eigenvalue weighted by molar-refractivity contribution is 9.10. The van der Waals surface area contributed by atoms with E-state index in [9.17, 15) is 5.11 Å². The molecule has 1 atom stereocenters. The molecule has 0 aromatic carbocycles. The van der Waals surface area contributed by atoms with Crippen LogP contribution in [0.2, 0.25) is 0 Å². The molecule has 0 radical (unpaired) electrons. The standard InChI is InChI=1S/C9H12BrNO/c1-6(2)9(12)7-3-8(10)5-11-4-7/h3-6,9,12H,1-2H3/t9-/m1/s1. The van der Waals surface area contributed by atoms with E-state index in [4.69, 9.17) is 0 Å². The van der Waals surface area contributed by atoms with Crippen molar-refractivity contribution >= 4 is 15.9 Å². The van der Waals surface area contributed by atoms with Crippen molar-refractivity contribution in [1.29, 1.82) is 0 Å². The molecule has 0 amide bonds. The maximum Gasteiger partial charge on any atom is 0.0828 e. The highest BCUT2D eigenvalue weighted by atomic mass is 79.9. The normalized spacial score (nSPS) is 13.4. The van der Waals surface area contributed by atoms with E-state index in [0.717, 1.165) is 10.0 Å². The first-order valence-electron chi connectivity index (χ1n) is 3.89. The molecule has 0 aliphatic heterocycles. The van der Waals surface area contributed by atoms with Gasteiger partial charge in [-0.15, -0.1) is 0 Å². The molecule has 0 aliphatic carbocycles. The van der Waals surface area contributed by atoms with Crippen molar-refractivity contribution in [1.82, 2.24) is 4.98 Å². The van der Waals surface area contributed by atoms with Gasteiger partial charge in [0.15, 0.2) is 0 Å². The molecule has 1 rings (SSSR count). The van der Waals surface area contributed by atoms with E-state index >= 15 is 0 Å². The third kappa shape index (κ3) is 2.29. The third-order valence-corrected chi connectivity index (χ3v) is 2.13. The van der Waals surface area contributed by atoms with Crippen LogP contribution in [0.15, 0.2) is 22.9 Å². The van der Waals surface area contributed by atoms with Crippen LogP contribution >= 0.6 is 15.9 Å². The largest absolute Gasteiger partial charge is 0.388 e. The summed E-state index contributed by atoms with van der Waals surface area (Å²) in [5.41, 5.74) is 0.861. The van der Waals surface area contributed by atoms with Gasteiger partial charge in [-0.2, -0.15) is 0 Å². The number of halogens is 1. The highest BCUT2D eigenvalue weighted by Crippen LogP contribution is 2.22. The van der Waals surface area contributed by atoms with Gasteiger partial charge in [-0.3, -0.25) is 4.98 Å². The Morgan fingerprint density at radius 2 is 2.08 bits per heavy atom. The van der Waals surface area contributed by atoms with Crippen molar-refractivity contribution in [3.05, 3.63) is 28.5 Å². The number of aliphatic hydroxyl groups is 1. The van der Waals surface area contributed by atoms with E-state index in [1.165, 1.54) is 0 Å². The number of aliphatic hydroxyl groups excluding tert-OH is 1. The molecule has 1 N–H and O–H groups in total. The first-order valence-corrected chi connectivity index (χ1v) is 4.69. The van der Waals surface area contributed by atoms with E-state index in [1.807, 2.05) is 19.9 Å². The van der Waals surface area contributed by atoms with Crippen molar-refractivity contribution in [3.8, 4) is 0 Å². The van der Waals surface area contributed by atoms with E-state index in [2.05, 4.69) is 20.9 Å². The average Bonchev–Trinajstić information content (AvgIpc) is 2.03. The van der Waals surface area contributed by atoms with Crippen LogP contribution in [-0.2, 0) is 0 Å². The van der Waals surface area contributed by atoms with Gasteiger partial charge >= 0.3 is 0 Å². The van der Waals surface area contributed by atoms with Gasteiger partial charge in [-0.05, 0) is 27.9 Å². The van der Waals surface area contributed by atoms with Crippen LogP contribution in [0.3, 0.4) is 0 Å². The maximum atomic E-state index is 9.66. The van der Waals surface area contributed by atoms with E-state index < -0.39 is 6.10 Å². The molecule has 0 bridgehead atoms. The van der Waals surface area contributed by atoms with E-state index in [0.29, 0.717) is 0 Å². The minimum absolute atomic E-state index is 0.223. The average molecular weight is 230 g/mol. The number of hydrogen-bond acceptors (Lipinski definition) is 2. The Morgan fingerprint density at radius 3 is 2.58 bits per heavy atom. The first-order chi connectivity index (χ1) is 5.61. The summed E-state index contributed by atoms with van der Waals surface area (Å²) in [5.74, 6) is 0.223. The Morgan fingerprint density at radius 1 is 1.42 bits per heavy atom. The van der Waals surface area contributed by atoms with Crippen LogP contribution in [0, 0.1) is 5.92 Å². The Hall–Kier alpha value is -0.410. The van der Waals surface area contributed by atoms with Gasteiger partial charge in [0.25, 0.3) is 0 Å². The quantitative estimate of drug-likeness (QED) is 0.846. The zero-order chi connectivity index (χ0) is 9.14. The van der Waals surface area contributed by atoms with Crippen LogP contribution in [0.4, 0.5) is 0 Å². The van der Waals surface area contributed by atoms with Gasteiger partial charge in [0.2, 0.25) is 0 Å². The highest BCUT2D eigenvalue weighted by Gasteiger charge is 2.11. The second-order valence-electron chi connectivity index (χ2n) is 3.13. The second-order valence-corrected chi connectivity index (χ2v) is 4.04. The fourth-order valence-electron chi connectivity index (χ4n) is 0.975. The summed E-state index contributed by atoms with van der Waals surface area (Å²) in [7, 11) is 0. The van der Waals surface area contributed by atoms with Crippen molar-refractivity contribution in [3.63, 3.8) is 0 Å². The molecule has 0 unspecified atom stereocenters. The number of pyridine rings is 1. The van der Waals surface area contributed by atoms with Gasteiger partial charge in [0.05, 0.1) is 6.10 Å². The van der Waals surface area contributed by atoms with Gasteiger partial charge in [0, 0.05) is 22.4 Å². The molecule has 0 saturated heterocycles. The molecule has 1 aromatic heterocycles. The molecule has 0 saturated carbocycles. The lowest BCUT2D eigenvalue weighted by Crippen LogP contribution is -2.05. The van der Waals surface area contributed by atoms with Gasteiger partial charge < -0.3 is 5.11 Å². The fraction of sp³-hybridized carbons (Fsp3) is 0.444. The molecule has 12 heavy (non-hydrogen) atoms. The minimum atomic E-state index is -0.421. The van der Waals surface area contributed by atoms with Gasteiger partial charge in [-0.1, -0.05) is 13.8 Å². The summed E-state index contributed by atoms with van der Waals surface area (Å²) >= 11 is 3.31. The molecular formula is C9H12BrNO. The topological polar surface area (TPSA) is 33.1 Å². The number of nitrogens with zero attached hydrogens (tertiary/aromatic N) is 1. The summed E-state index contributed by atoms with van der Waals surface area (Å²) in [6.45, 7) is 3.96. The van der Waals surface area contributed by atoms with Crippen LogP contribution in [0.5, 0.6) is 0 Å². The lowest BCUT2D eigenvalue weighted by Gasteiger charge is -2.13. The molecule has 0 fully saturated rings. The number of aromatic nitrogens is 1. The monoisotopic (exact) mass is 229 g/mol. The molecule has 66 valence electrons. The van der Waals surface area contributed by atoms with Crippen LogP contribution in [0.1, 0.15) is 25.5 Å². The lowest BCUT2D eigenvalue weighted by molar-refractivity contribution is 0.126. The smallest absolute Gasteiger partial charge is 0.0828 e. The van der Waals surface area contributed by atoms with Gasteiger partial charge in [0.1, 0.15) is 0 Å². The lowest BCUT2D eigenvalue weighted by atomic mass is 10.0. The summed E-state index contributed by atoms with van der Waals surface area (Å²) in [5, 5.41) is 9.66. The van der Waals surface area contributed by atoms with Crippen molar-refractivity contribution in [2.45, 2.75) is 20.0 Å². The molecule has 1 heterocycles. The summed E-state index contributed by atoms with van der Waals surface area (Å²) in [4.78, 5) is 3.98. The van der Waals surface area contributed by atoms with Crippen LogP contribution in [-0.4, -0.2) is 10.1 Å². The summed E-state index contributed by atoms with van der Waals surface area (Å²) in [6, 6.07) is 1.89. The van der Waals surface area contributed by atoms with Crippen molar-refractivity contribution < 1.29 is 5.11 Å². The van der Waals surface area contributed by atoms with Crippen molar-refractivity contribution in [2.24, 2.45) is 5.92 Å². The molecule has 2 nitrogen and oxygen atoms in total. The molecule has 3 heteroatoms. The number of hydrogen-bond donors (Lipinski definition) is 1. The Kier molecular flexibility index (Phi) is 3.23. The Balaban J connectivity index is 2.88. The van der Waals surface area contributed by atoms with Crippen molar-refractivity contribution in [2.75, 3.05) is 0 Å². The Bertz CT molecular complexity index is 262. The second kappa shape index (κ2) is 4.01. The zero-order valence-corrected chi connectivity index (χ0v) is 8.75.